The van der Waals surface area contributed by atoms with E-state index in [1.807, 2.05) is 30.3 Å². The van der Waals surface area contributed by atoms with Gasteiger partial charge in [-0.1, -0.05) is 24.3 Å². The lowest BCUT2D eigenvalue weighted by atomic mass is 10.1. The van der Waals surface area contributed by atoms with Crippen LogP contribution < -0.4 is 0 Å². The van der Waals surface area contributed by atoms with Gasteiger partial charge >= 0.3 is 0 Å². The lowest BCUT2D eigenvalue weighted by molar-refractivity contribution is 0.481. The summed E-state index contributed by atoms with van der Waals surface area (Å²) >= 11 is 1.51. The molecule has 0 saturated carbocycles. The fraction of sp³-hybridized carbons (Fsp3) is 0.333. The molecule has 0 atom stereocenters. The first-order valence-corrected chi connectivity index (χ1v) is 9.17. The quantitative estimate of drug-likeness (QED) is 0.859. The molecule has 0 fully saturated rings. The predicted octanol–water partition coefficient (Wildman–Crippen LogP) is 3.46. The van der Waals surface area contributed by atoms with Crippen molar-refractivity contribution in [2.45, 2.75) is 24.0 Å². The van der Waals surface area contributed by atoms with Crippen molar-refractivity contribution in [3.05, 3.63) is 36.4 Å². The van der Waals surface area contributed by atoms with Crippen molar-refractivity contribution in [2.24, 2.45) is 0 Å². The van der Waals surface area contributed by atoms with Gasteiger partial charge in [-0.05, 0) is 31.4 Å². The Morgan fingerprint density at radius 2 is 1.75 bits per heavy atom. The van der Waals surface area contributed by atoms with Crippen molar-refractivity contribution in [1.29, 1.82) is 0 Å². The third-order valence-electron chi connectivity index (χ3n) is 3.20. The summed E-state index contributed by atoms with van der Waals surface area (Å²) in [6.45, 7) is 3.41. The van der Waals surface area contributed by atoms with Gasteiger partial charge in [-0.25, -0.2) is 8.42 Å². The van der Waals surface area contributed by atoms with Crippen molar-refractivity contribution < 1.29 is 13.5 Å². The number of hydrogen-bond donors (Lipinski definition) is 1. The Morgan fingerprint density at radius 3 is 2.40 bits per heavy atom. The molecule has 0 radical (unpaired) electrons. The molecule has 0 aliphatic rings. The first-order valence-electron chi connectivity index (χ1n) is 6.47. The topological polar surface area (TPSA) is 54.4 Å². The number of rotatable bonds is 5. The minimum absolute atomic E-state index is 0.171. The summed E-state index contributed by atoms with van der Waals surface area (Å²) in [4.78, 5) is 0.998. The van der Waals surface area contributed by atoms with Crippen LogP contribution in [0.1, 0.15) is 13.8 Å². The Kier molecular flexibility index (Phi) is 4.60. The van der Waals surface area contributed by atoms with Crippen molar-refractivity contribution in [3.8, 4) is 5.75 Å². The maximum atomic E-state index is 11.8. The van der Waals surface area contributed by atoms with E-state index in [0.717, 1.165) is 15.7 Å². The van der Waals surface area contributed by atoms with Gasteiger partial charge in [0.2, 0.25) is 0 Å². The molecule has 0 amide bonds. The van der Waals surface area contributed by atoms with Crippen molar-refractivity contribution in [1.82, 2.24) is 0 Å². The Bertz CT molecular complexity index is 706. The molecule has 0 unspecified atom stereocenters. The van der Waals surface area contributed by atoms with Gasteiger partial charge in [-0.3, -0.25) is 0 Å². The van der Waals surface area contributed by atoms with Gasteiger partial charge in [-0.2, -0.15) is 0 Å². The summed E-state index contributed by atoms with van der Waals surface area (Å²) in [5.74, 6) is 0.944. The number of thioether (sulfide) groups is 1. The van der Waals surface area contributed by atoms with Crippen LogP contribution in [0.2, 0.25) is 0 Å². The van der Waals surface area contributed by atoms with Crippen molar-refractivity contribution in [2.75, 3.05) is 11.5 Å². The highest BCUT2D eigenvalue weighted by Crippen LogP contribution is 2.33. The van der Waals surface area contributed by atoms with E-state index in [2.05, 4.69) is 0 Å². The number of benzene rings is 2. The number of hydrogen-bond acceptors (Lipinski definition) is 4. The van der Waals surface area contributed by atoms with E-state index in [0.29, 0.717) is 5.75 Å². The third kappa shape index (κ3) is 3.27. The zero-order valence-corrected chi connectivity index (χ0v) is 13.2. The molecule has 0 aliphatic heterocycles. The maximum absolute atomic E-state index is 11.8. The number of phenols is 1. The molecule has 5 heteroatoms. The average molecular weight is 310 g/mol. The lowest BCUT2D eigenvalue weighted by Crippen LogP contribution is -2.18. The fourth-order valence-electron chi connectivity index (χ4n) is 1.88. The van der Waals surface area contributed by atoms with Crippen LogP contribution in [0.15, 0.2) is 41.3 Å². The van der Waals surface area contributed by atoms with Gasteiger partial charge in [0.1, 0.15) is 5.75 Å². The first-order chi connectivity index (χ1) is 9.42. The van der Waals surface area contributed by atoms with E-state index in [1.54, 1.807) is 19.9 Å². The van der Waals surface area contributed by atoms with Gasteiger partial charge < -0.3 is 5.11 Å². The van der Waals surface area contributed by atoms with Gasteiger partial charge in [0.25, 0.3) is 0 Å². The lowest BCUT2D eigenvalue weighted by Gasteiger charge is -2.09. The molecule has 108 valence electrons. The van der Waals surface area contributed by atoms with Crippen LogP contribution in [0.25, 0.3) is 10.8 Å². The maximum Gasteiger partial charge on any atom is 0.153 e. The van der Waals surface area contributed by atoms with E-state index in [4.69, 9.17) is 0 Å². The third-order valence-corrected chi connectivity index (χ3v) is 6.75. The standard InChI is InChI=1S/C15H18O3S2/c1-11(2)20(17,18)10-9-19-15-8-7-14(16)12-5-3-4-6-13(12)15/h3-8,11,16H,9-10H2,1-2H3. The zero-order chi connectivity index (χ0) is 14.8. The number of fused-ring (bicyclic) bond motifs is 1. The van der Waals surface area contributed by atoms with Gasteiger partial charge in [0.05, 0.1) is 11.0 Å². The second-order valence-electron chi connectivity index (χ2n) is 4.89. The monoisotopic (exact) mass is 310 g/mol. The Labute approximate surface area is 123 Å². The smallest absolute Gasteiger partial charge is 0.153 e. The number of sulfone groups is 1. The van der Waals surface area contributed by atoms with Crippen LogP contribution in [0, 0.1) is 0 Å². The minimum Gasteiger partial charge on any atom is -0.507 e. The Balaban J connectivity index is 2.17. The first kappa shape index (κ1) is 15.2. The molecule has 0 heterocycles. The number of phenolic OH excluding ortho intramolecular Hbond substituents is 1. The summed E-state index contributed by atoms with van der Waals surface area (Å²) in [5, 5.41) is 11.2. The van der Waals surface area contributed by atoms with E-state index >= 15 is 0 Å². The minimum atomic E-state index is -3.00. The highest BCUT2D eigenvalue weighted by Gasteiger charge is 2.16. The summed E-state index contributed by atoms with van der Waals surface area (Å²) in [6, 6.07) is 11.1. The van der Waals surface area contributed by atoms with Crippen LogP contribution in [0.4, 0.5) is 0 Å². The molecule has 2 rings (SSSR count). The molecule has 20 heavy (non-hydrogen) atoms. The van der Waals surface area contributed by atoms with Crippen LogP contribution >= 0.6 is 11.8 Å². The van der Waals surface area contributed by atoms with Gasteiger partial charge in [0.15, 0.2) is 9.84 Å². The largest absolute Gasteiger partial charge is 0.507 e. The second kappa shape index (κ2) is 6.06. The average Bonchev–Trinajstić information content (AvgIpc) is 2.41. The molecule has 0 saturated heterocycles. The Hall–Kier alpha value is -1.20. The normalized spacial score (nSPS) is 12.2. The van der Waals surface area contributed by atoms with Gasteiger partial charge in [0, 0.05) is 16.0 Å². The van der Waals surface area contributed by atoms with Crippen LogP contribution in [0.5, 0.6) is 5.75 Å². The molecular weight excluding hydrogens is 292 g/mol. The van der Waals surface area contributed by atoms with E-state index in [-0.39, 0.29) is 16.8 Å². The summed E-state index contributed by atoms with van der Waals surface area (Å²) in [5.41, 5.74) is 0. The molecule has 3 nitrogen and oxygen atoms in total. The zero-order valence-electron chi connectivity index (χ0n) is 11.5. The molecule has 2 aromatic carbocycles. The summed E-state index contributed by atoms with van der Waals surface area (Å²) < 4.78 is 23.6. The van der Waals surface area contributed by atoms with E-state index in [9.17, 15) is 13.5 Å². The molecular formula is C15H18O3S2. The fourth-order valence-corrected chi connectivity index (χ4v) is 4.34. The highest BCUT2D eigenvalue weighted by molar-refractivity contribution is 8.01. The number of aromatic hydroxyl groups is 1. The van der Waals surface area contributed by atoms with E-state index < -0.39 is 9.84 Å². The molecule has 0 aliphatic carbocycles. The van der Waals surface area contributed by atoms with Crippen LogP contribution in [-0.2, 0) is 9.84 Å². The van der Waals surface area contributed by atoms with E-state index in [1.165, 1.54) is 11.8 Å². The SMILES string of the molecule is CC(C)S(=O)(=O)CCSc1ccc(O)c2ccccc12. The molecule has 0 aromatic heterocycles. The van der Waals surface area contributed by atoms with Crippen molar-refractivity contribution in [3.63, 3.8) is 0 Å². The second-order valence-corrected chi connectivity index (χ2v) is 8.71. The predicted molar refractivity (Wildman–Crippen MR) is 85.3 cm³/mol. The van der Waals surface area contributed by atoms with Crippen molar-refractivity contribution >= 4 is 32.4 Å². The van der Waals surface area contributed by atoms with Gasteiger partial charge in [-0.15, -0.1) is 11.8 Å². The van der Waals surface area contributed by atoms with Crippen LogP contribution in [0.3, 0.4) is 0 Å². The molecule has 2 aromatic rings. The molecule has 0 spiro atoms. The summed E-state index contributed by atoms with van der Waals surface area (Å²) in [6.07, 6.45) is 0. The Morgan fingerprint density at radius 1 is 1.10 bits per heavy atom. The highest BCUT2D eigenvalue weighted by atomic mass is 32.2. The van der Waals surface area contributed by atoms with Crippen LogP contribution in [-0.4, -0.2) is 30.3 Å². The summed E-state index contributed by atoms with van der Waals surface area (Å²) in [7, 11) is -3.00. The molecule has 0 bridgehead atoms. The molecule has 1 N–H and O–H groups in total.